The lowest BCUT2D eigenvalue weighted by atomic mass is 10.3. The summed E-state index contributed by atoms with van der Waals surface area (Å²) in [4.78, 5) is 1.74. The normalized spacial score (nSPS) is 11.1. The fourth-order valence-corrected chi connectivity index (χ4v) is 4.79. The number of rotatable bonds is 7. The maximum Gasteiger partial charge on any atom is 0.265 e. The van der Waals surface area contributed by atoms with Crippen LogP contribution >= 0.6 is 23.4 Å². The molecule has 0 amide bonds. The number of hydrogen-bond acceptors (Lipinski definition) is 5. The number of benzene rings is 3. The zero-order valence-corrected chi connectivity index (χ0v) is 17.6. The second kappa shape index (κ2) is 8.77. The van der Waals surface area contributed by atoms with E-state index in [1.807, 2.05) is 24.3 Å². The quantitative estimate of drug-likeness (QED) is 0.544. The van der Waals surface area contributed by atoms with E-state index in [-0.39, 0.29) is 10.6 Å². The van der Waals surface area contributed by atoms with E-state index in [4.69, 9.17) is 21.1 Å². The highest BCUT2D eigenvalue weighted by molar-refractivity contribution is 7.99. The fraction of sp³-hybridized carbons (Fsp3) is 0.100. The number of ether oxygens (including phenoxy) is 2. The van der Waals surface area contributed by atoms with Crippen LogP contribution in [0.25, 0.3) is 0 Å². The molecular formula is C20H18ClNO4S2. The van der Waals surface area contributed by atoms with Gasteiger partial charge in [-0.15, -0.1) is 0 Å². The van der Waals surface area contributed by atoms with E-state index in [2.05, 4.69) is 4.72 Å². The van der Waals surface area contributed by atoms with Gasteiger partial charge in [-0.1, -0.05) is 35.5 Å². The Balaban J connectivity index is 1.92. The van der Waals surface area contributed by atoms with E-state index in [0.29, 0.717) is 16.5 Å². The molecule has 5 nitrogen and oxygen atoms in total. The largest absolute Gasteiger partial charge is 0.497 e. The number of sulfonamides is 1. The van der Waals surface area contributed by atoms with Crippen LogP contribution < -0.4 is 14.2 Å². The minimum atomic E-state index is -3.87. The number of halogens is 1. The topological polar surface area (TPSA) is 64.6 Å². The van der Waals surface area contributed by atoms with E-state index in [0.717, 1.165) is 9.79 Å². The third kappa shape index (κ3) is 4.73. The van der Waals surface area contributed by atoms with E-state index in [1.165, 1.54) is 38.1 Å². The van der Waals surface area contributed by atoms with E-state index < -0.39 is 10.0 Å². The van der Waals surface area contributed by atoms with Crippen molar-refractivity contribution in [1.29, 1.82) is 0 Å². The van der Waals surface area contributed by atoms with E-state index in [1.54, 1.807) is 30.3 Å². The molecule has 1 N–H and O–H groups in total. The monoisotopic (exact) mass is 435 g/mol. The minimum Gasteiger partial charge on any atom is -0.497 e. The Morgan fingerprint density at radius 1 is 0.929 bits per heavy atom. The molecule has 146 valence electrons. The summed E-state index contributed by atoms with van der Waals surface area (Å²) in [5, 5.41) is 0.643. The second-order valence-corrected chi connectivity index (χ2v) is 8.88. The van der Waals surface area contributed by atoms with Crippen LogP contribution in [0, 0.1) is 0 Å². The van der Waals surface area contributed by atoms with Crippen molar-refractivity contribution < 1.29 is 17.9 Å². The molecule has 0 unspecified atom stereocenters. The molecule has 0 saturated carbocycles. The zero-order chi connectivity index (χ0) is 20.1. The highest BCUT2D eigenvalue weighted by Crippen LogP contribution is 2.36. The lowest BCUT2D eigenvalue weighted by Gasteiger charge is -2.15. The van der Waals surface area contributed by atoms with Gasteiger partial charge < -0.3 is 9.47 Å². The highest BCUT2D eigenvalue weighted by atomic mass is 35.5. The maximum atomic E-state index is 13.0. The lowest BCUT2D eigenvalue weighted by Crippen LogP contribution is -2.14. The van der Waals surface area contributed by atoms with Crippen LogP contribution in [-0.2, 0) is 10.0 Å². The molecule has 0 fully saturated rings. The van der Waals surface area contributed by atoms with Gasteiger partial charge in [0.05, 0.1) is 19.9 Å². The first-order chi connectivity index (χ1) is 13.4. The first-order valence-corrected chi connectivity index (χ1v) is 10.9. The van der Waals surface area contributed by atoms with Gasteiger partial charge in [0.2, 0.25) is 0 Å². The van der Waals surface area contributed by atoms with Gasteiger partial charge in [-0.25, -0.2) is 8.42 Å². The van der Waals surface area contributed by atoms with Gasteiger partial charge in [-0.3, -0.25) is 4.72 Å². The molecule has 0 heterocycles. The van der Waals surface area contributed by atoms with Crippen LogP contribution in [0.3, 0.4) is 0 Å². The van der Waals surface area contributed by atoms with Crippen LogP contribution in [-0.4, -0.2) is 22.6 Å². The number of anilines is 1. The third-order valence-electron chi connectivity index (χ3n) is 3.83. The van der Waals surface area contributed by atoms with Crippen LogP contribution in [0.4, 0.5) is 5.69 Å². The molecule has 0 aromatic heterocycles. The van der Waals surface area contributed by atoms with Crippen molar-refractivity contribution in [2.75, 3.05) is 18.9 Å². The Bertz CT molecular complexity index is 1070. The molecule has 0 spiro atoms. The Labute approximate surface area is 173 Å². The smallest absolute Gasteiger partial charge is 0.265 e. The summed E-state index contributed by atoms with van der Waals surface area (Å²) in [5.41, 5.74) is 0.473. The van der Waals surface area contributed by atoms with Crippen LogP contribution in [0.1, 0.15) is 0 Å². The summed E-state index contributed by atoms with van der Waals surface area (Å²) in [6.45, 7) is 0. The standard InChI is InChI=1S/C20H18ClNO4S2/c1-25-15-9-12-20(18(13-15)26-2)28(23,24)22-17-5-3-4-6-19(17)27-16-10-7-14(21)8-11-16/h3-13,22H,1-2H3. The molecule has 0 atom stereocenters. The molecule has 3 aromatic carbocycles. The summed E-state index contributed by atoms with van der Waals surface area (Å²) in [6.07, 6.45) is 0. The molecule has 0 aliphatic rings. The Morgan fingerprint density at radius 3 is 2.32 bits per heavy atom. The molecule has 8 heteroatoms. The average molecular weight is 436 g/mol. The average Bonchev–Trinajstić information content (AvgIpc) is 2.70. The molecule has 0 radical (unpaired) electrons. The molecule has 0 saturated heterocycles. The van der Waals surface area contributed by atoms with E-state index >= 15 is 0 Å². The van der Waals surface area contributed by atoms with Crippen molar-refractivity contribution >= 4 is 39.1 Å². The molecule has 3 rings (SSSR count). The van der Waals surface area contributed by atoms with Crippen molar-refractivity contribution in [2.24, 2.45) is 0 Å². The van der Waals surface area contributed by atoms with Crippen LogP contribution in [0.15, 0.2) is 81.4 Å². The summed E-state index contributed by atoms with van der Waals surface area (Å²) < 4.78 is 39.0. The summed E-state index contributed by atoms with van der Waals surface area (Å²) in [7, 11) is -0.947. The minimum absolute atomic E-state index is 0.0297. The number of hydrogen-bond donors (Lipinski definition) is 1. The summed E-state index contributed by atoms with van der Waals surface area (Å²) >= 11 is 7.37. The zero-order valence-electron chi connectivity index (χ0n) is 15.2. The van der Waals surface area contributed by atoms with Gasteiger partial charge in [-0.2, -0.15) is 0 Å². The van der Waals surface area contributed by atoms with Crippen molar-refractivity contribution in [3.05, 3.63) is 71.8 Å². The summed E-state index contributed by atoms with van der Waals surface area (Å²) in [5.74, 6) is 0.712. The van der Waals surface area contributed by atoms with Crippen molar-refractivity contribution in [2.45, 2.75) is 14.7 Å². The van der Waals surface area contributed by atoms with E-state index in [9.17, 15) is 8.42 Å². The maximum absolute atomic E-state index is 13.0. The lowest BCUT2D eigenvalue weighted by molar-refractivity contribution is 0.386. The van der Waals surface area contributed by atoms with Gasteiger partial charge in [-0.05, 0) is 48.5 Å². The second-order valence-electron chi connectivity index (χ2n) is 5.67. The molecule has 28 heavy (non-hydrogen) atoms. The highest BCUT2D eigenvalue weighted by Gasteiger charge is 2.21. The SMILES string of the molecule is COc1ccc(S(=O)(=O)Nc2ccccc2Sc2ccc(Cl)cc2)c(OC)c1. The van der Waals surface area contributed by atoms with Crippen molar-refractivity contribution in [1.82, 2.24) is 0 Å². The predicted octanol–water partition coefficient (Wildman–Crippen LogP) is 5.31. The Hall–Kier alpha value is -2.35. The number of methoxy groups -OCH3 is 2. The van der Waals surface area contributed by atoms with Crippen LogP contribution in [0.5, 0.6) is 11.5 Å². The summed E-state index contributed by atoms with van der Waals surface area (Å²) in [6, 6.07) is 19.1. The third-order valence-corrected chi connectivity index (χ3v) is 6.57. The Morgan fingerprint density at radius 2 is 1.64 bits per heavy atom. The van der Waals surface area contributed by atoms with Crippen molar-refractivity contribution in [3.8, 4) is 11.5 Å². The fourth-order valence-electron chi connectivity index (χ4n) is 2.47. The van der Waals surface area contributed by atoms with Crippen LogP contribution in [0.2, 0.25) is 5.02 Å². The molecule has 0 bridgehead atoms. The van der Waals surface area contributed by atoms with Gasteiger partial charge in [0.15, 0.2) is 0 Å². The first-order valence-electron chi connectivity index (χ1n) is 8.20. The molecule has 0 aliphatic heterocycles. The van der Waals surface area contributed by atoms with Gasteiger partial charge in [0.25, 0.3) is 10.0 Å². The Kier molecular flexibility index (Phi) is 6.39. The number of para-hydroxylation sites is 1. The first kappa shape index (κ1) is 20.4. The predicted molar refractivity (Wildman–Crippen MR) is 112 cm³/mol. The van der Waals surface area contributed by atoms with Crippen molar-refractivity contribution in [3.63, 3.8) is 0 Å². The molecule has 0 aliphatic carbocycles. The molecule has 3 aromatic rings. The van der Waals surface area contributed by atoms with Gasteiger partial charge in [0, 0.05) is 20.9 Å². The van der Waals surface area contributed by atoms with Gasteiger partial charge >= 0.3 is 0 Å². The molecular weight excluding hydrogens is 418 g/mol. The number of nitrogens with one attached hydrogen (secondary N) is 1. The van der Waals surface area contributed by atoms with Gasteiger partial charge in [0.1, 0.15) is 16.4 Å².